The van der Waals surface area contributed by atoms with Gasteiger partial charge in [0.15, 0.2) is 0 Å². The van der Waals surface area contributed by atoms with Crippen LogP contribution >= 0.6 is 23.2 Å². The molecule has 1 fully saturated rings. The minimum absolute atomic E-state index is 0.0800. The highest BCUT2D eigenvalue weighted by Crippen LogP contribution is 2.25. The lowest BCUT2D eigenvalue weighted by atomic mass is 10.2. The van der Waals surface area contributed by atoms with Gasteiger partial charge in [0, 0.05) is 49.7 Å². The van der Waals surface area contributed by atoms with Gasteiger partial charge in [-0.3, -0.25) is 19.8 Å². The van der Waals surface area contributed by atoms with E-state index in [-0.39, 0.29) is 18.1 Å². The number of nitro groups is 1. The molecule has 0 bridgehead atoms. The van der Waals surface area contributed by atoms with E-state index in [9.17, 15) is 14.9 Å². The summed E-state index contributed by atoms with van der Waals surface area (Å²) in [5.74, 6) is -0.114. The Kier molecular flexibility index (Phi) is 6.15. The summed E-state index contributed by atoms with van der Waals surface area (Å²) in [5, 5.41) is 14.4. The van der Waals surface area contributed by atoms with Crippen molar-refractivity contribution in [3.63, 3.8) is 0 Å². The number of piperazine rings is 1. The molecular formula is C18H18Cl2N4O3. The Bertz CT molecular complexity index is 837. The molecule has 1 aliphatic rings. The molecule has 0 spiro atoms. The predicted molar refractivity (Wildman–Crippen MR) is 107 cm³/mol. The number of nitrogens with one attached hydrogen (secondary N) is 1. The molecule has 7 nitrogen and oxygen atoms in total. The molecule has 27 heavy (non-hydrogen) atoms. The number of halogens is 2. The zero-order valence-electron chi connectivity index (χ0n) is 14.4. The number of anilines is 2. The van der Waals surface area contributed by atoms with Gasteiger partial charge in [-0.15, -0.1) is 0 Å². The van der Waals surface area contributed by atoms with Gasteiger partial charge in [0.2, 0.25) is 5.91 Å². The standard InChI is InChI=1S/C18H18Cl2N4O3/c19-16-6-1-13(11-17(16)20)21-18(25)12-22-7-9-23(10-8-22)14-2-4-15(5-3-14)24(26)27/h1-6,11H,7-10,12H2,(H,21,25). The summed E-state index contributed by atoms with van der Waals surface area (Å²) in [6, 6.07) is 11.5. The van der Waals surface area contributed by atoms with E-state index < -0.39 is 4.92 Å². The molecule has 0 aliphatic carbocycles. The minimum atomic E-state index is -0.409. The molecule has 0 atom stereocenters. The largest absolute Gasteiger partial charge is 0.369 e. The first-order chi connectivity index (χ1) is 12.9. The van der Waals surface area contributed by atoms with Crippen LogP contribution in [0, 0.1) is 10.1 Å². The average Bonchev–Trinajstić information content (AvgIpc) is 2.65. The van der Waals surface area contributed by atoms with Gasteiger partial charge in [0.25, 0.3) is 5.69 Å². The quantitative estimate of drug-likeness (QED) is 0.602. The van der Waals surface area contributed by atoms with Crippen LogP contribution in [0.1, 0.15) is 0 Å². The maximum Gasteiger partial charge on any atom is 0.269 e. The molecule has 1 heterocycles. The number of rotatable bonds is 5. The topological polar surface area (TPSA) is 78.7 Å². The van der Waals surface area contributed by atoms with E-state index in [1.165, 1.54) is 12.1 Å². The summed E-state index contributed by atoms with van der Waals surface area (Å²) in [7, 11) is 0. The fourth-order valence-corrected chi connectivity index (χ4v) is 3.22. The fourth-order valence-electron chi connectivity index (χ4n) is 2.93. The Hall–Kier alpha value is -2.35. The number of carbonyl (C=O) groups is 1. The second-order valence-corrected chi connectivity index (χ2v) is 7.03. The van der Waals surface area contributed by atoms with Gasteiger partial charge in [-0.2, -0.15) is 0 Å². The molecule has 9 heteroatoms. The first-order valence-electron chi connectivity index (χ1n) is 8.39. The molecule has 0 unspecified atom stereocenters. The normalized spacial score (nSPS) is 14.8. The molecule has 3 rings (SSSR count). The van der Waals surface area contributed by atoms with Crippen molar-refractivity contribution in [1.29, 1.82) is 0 Å². The molecule has 1 saturated heterocycles. The van der Waals surface area contributed by atoms with Crippen LogP contribution in [-0.4, -0.2) is 48.5 Å². The minimum Gasteiger partial charge on any atom is -0.369 e. The number of nitro benzene ring substituents is 1. The van der Waals surface area contributed by atoms with Gasteiger partial charge in [-0.25, -0.2) is 0 Å². The molecule has 2 aromatic carbocycles. The van der Waals surface area contributed by atoms with Crippen LogP contribution in [-0.2, 0) is 4.79 Å². The predicted octanol–water partition coefficient (Wildman–Crippen LogP) is 3.66. The van der Waals surface area contributed by atoms with Gasteiger partial charge in [0.1, 0.15) is 0 Å². The Morgan fingerprint density at radius 3 is 2.30 bits per heavy atom. The van der Waals surface area contributed by atoms with Crippen molar-refractivity contribution in [2.24, 2.45) is 0 Å². The number of amides is 1. The van der Waals surface area contributed by atoms with Crippen molar-refractivity contribution in [2.45, 2.75) is 0 Å². The number of non-ortho nitro benzene ring substituents is 1. The number of hydrogen-bond donors (Lipinski definition) is 1. The number of benzene rings is 2. The maximum absolute atomic E-state index is 12.2. The summed E-state index contributed by atoms with van der Waals surface area (Å²) in [5.41, 5.74) is 1.63. The summed E-state index contributed by atoms with van der Waals surface area (Å²) in [6.45, 7) is 3.24. The maximum atomic E-state index is 12.2. The molecule has 2 aromatic rings. The van der Waals surface area contributed by atoms with Crippen LogP contribution in [0.3, 0.4) is 0 Å². The van der Waals surface area contributed by atoms with E-state index in [1.807, 2.05) is 0 Å². The van der Waals surface area contributed by atoms with Crippen molar-refractivity contribution in [1.82, 2.24) is 4.90 Å². The molecule has 1 N–H and O–H groups in total. The van der Waals surface area contributed by atoms with E-state index in [1.54, 1.807) is 30.3 Å². The third-order valence-electron chi connectivity index (χ3n) is 4.37. The summed E-state index contributed by atoms with van der Waals surface area (Å²) < 4.78 is 0. The second kappa shape index (κ2) is 8.56. The second-order valence-electron chi connectivity index (χ2n) is 6.21. The molecule has 0 aromatic heterocycles. The highest BCUT2D eigenvalue weighted by atomic mass is 35.5. The van der Waals surface area contributed by atoms with Crippen LogP contribution in [0.4, 0.5) is 17.1 Å². The van der Waals surface area contributed by atoms with Crippen molar-refractivity contribution in [3.8, 4) is 0 Å². The molecule has 1 amide bonds. The van der Waals surface area contributed by atoms with E-state index in [4.69, 9.17) is 23.2 Å². The molecule has 142 valence electrons. The van der Waals surface area contributed by atoms with Crippen molar-refractivity contribution in [3.05, 3.63) is 62.6 Å². The van der Waals surface area contributed by atoms with Crippen LogP contribution in [0.2, 0.25) is 10.0 Å². The van der Waals surface area contributed by atoms with Gasteiger partial charge in [0.05, 0.1) is 21.5 Å². The number of carbonyl (C=O) groups excluding carboxylic acids is 1. The highest BCUT2D eigenvalue weighted by molar-refractivity contribution is 6.42. The van der Waals surface area contributed by atoms with E-state index >= 15 is 0 Å². The summed E-state index contributed by atoms with van der Waals surface area (Å²) >= 11 is 11.8. The molecule has 1 aliphatic heterocycles. The van der Waals surface area contributed by atoms with E-state index in [2.05, 4.69) is 15.1 Å². The Morgan fingerprint density at radius 2 is 1.70 bits per heavy atom. The zero-order valence-corrected chi connectivity index (χ0v) is 15.9. The zero-order chi connectivity index (χ0) is 19.4. The van der Waals surface area contributed by atoms with Gasteiger partial charge in [-0.1, -0.05) is 23.2 Å². The van der Waals surface area contributed by atoms with Crippen molar-refractivity contribution in [2.75, 3.05) is 42.9 Å². The third kappa shape index (κ3) is 5.09. The van der Waals surface area contributed by atoms with Crippen LogP contribution in [0.5, 0.6) is 0 Å². The summed E-state index contributed by atoms with van der Waals surface area (Å²) in [6.07, 6.45) is 0. The lowest BCUT2D eigenvalue weighted by Gasteiger charge is -2.35. The van der Waals surface area contributed by atoms with Crippen LogP contribution in [0.25, 0.3) is 0 Å². The lowest BCUT2D eigenvalue weighted by molar-refractivity contribution is -0.384. The SMILES string of the molecule is O=C(CN1CCN(c2ccc([N+](=O)[O-])cc2)CC1)Nc1ccc(Cl)c(Cl)c1. The van der Waals surface area contributed by atoms with E-state index in [0.717, 1.165) is 31.9 Å². The van der Waals surface area contributed by atoms with Crippen molar-refractivity contribution < 1.29 is 9.72 Å². The van der Waals surface area contributed by atoms with Gasteiger partial charge < -0.3 is 10.2 Å². The first kappa shape index (κ1) is 19.4. The monoisotopic (exact) mass is 408 g/mol. The Balaban J connectivity index is 1.49. The highest BCUT2D eigenvalue weighted by Gasteiger charge is 2.20. The Labute approximate surface area is 166 Å². The third-order valence-corrected chi connectivity index (χ3v) is 5.11. The van der Waals surface area contributed by atoms with Gasteiger partial charge >= 0.3 is 0 Å². The van der Waals surface area contributed by atoms with Crippen molar-refractivity contribution >= 4 is 46.2 Å². The fraction of sp³-hybridized carbons (Fsp3) is 0.278. The van der Waals surface area contributed by atoms with Crippen LogP contribution in [0.15, 0.2) is 42.5 Å². The number of hydrogen-bond acceptors (Lipinski definition) is 5. The average molecular weight is 409 g/mol. The first-order valence-corrected chi connectivity index (χ1v) is 9.14. The van der Waals surface area contributed by atoms with Crippen LogP contribution < -0.4 is 10.2 Å². The number of nitrogens with zero attached hydrogens (tertiary/aromatic N) is 3. The smallest absolute Gasteiger partial charge is 0.269 e. The Morgan fingerprint density at radius 1 is 1.04 bits per heavy atom. The molecular weight excluding hydrogens is 391 g/mol. The molecule has 0 radical (unpaired) electrons. The van der Waals surface area contributed by atoms with Gasteiger partial charge in [-0.05, 0) is 30.3 Å². The summed E-state index contributed by atoms with van der Waals surface area (Å²) in [4.78, 5) is 26.8. The van der Waals surface area contributed by atoms with E-state index in [0.29, 0.717) is 15.7 Å². The lowest BCUT2D eigenvalue weighted by Crippen LogP contribution is -2.48. The molecule has 0 saturated carbocycles.